The summed E-state index contributed by atoms with van der Waals surface area (Å²) in [4.78, 5) is 2.48. The highest BCUT2D eigenvalue weighted by atomic mass is 16.5. The van der Waals surface area contributed by atoms with Crippen molar-refractivity contribution in [3.8, 4) is 5.75 Å². The maximum absolute atomic E-state index is 6.36. The summed E-state index contributed by atoms with van der Waals surface area (Å²) in [6.07, 6.45) is 7.14. The normalized spacial score (nSPS) is 25.8. The molecule has 2 aliphatic rings. The predicted octanol–water partition coefficient (Wildman–Crippen LogP) is 4.07. The lowest BCUT2D eigenvalue weighted by Gasteiger charge is -2.42. The van der Waals surface area contributed by atoms with Crippen LogP contribution in [0.1, 0.15) is 46.0 Å². The Morgan fingerprint density at radius 1 is 1.14 bits per heavy atom. The first-order valence-electron chi connectivity index (χ1n) is 8.45. The summed E-state index contributed by atoms with van der Waals surface area (Å²) in [7, 11) is 0. The fraction of sp³-hybridized carbons (Fsp3) is 0.667. The van der Waals surface area contributed by atoms with E-state index in [-0.39, 0.29) is 6.10 Å². The molecular weight excluding hydrogens is 260 g/mol. The summed E-state index contributed by atoms with van der Waals surface area (Å²) in [5.41, 5.74) is 8.33. The highest BCUT2D eigenvalue weighted by Gasteiger charge is 2.31. The van der Waals surface area contributed by atoms with Gasteiger partial charge in [-0.15, -0.1) is 0 Å². The molecule has 2 unspecified atom stereocenters. The summed E-state index contributed by atoms with van der Waals surface area (Å²) in [6, 6.07) is 6.19. The van der Waals surface area contributed by atoms with E-state index in [9.17, 15) is 0 Å². The van der Waals surface area contributed by atoms with Crippen LogP contribution in [0.3, 0.4) is 0 Å². The second-order valence-corrected chi connectivity index (χ2v) is 6.89. The van der Waals surface area contributed by atoms with E-state index >= 15 is 0 Å². The highest BCUT2D eigenvalue weighted by molar-refractivity contribution is 5.74. The van der Waals surface area contributed by atoms with E-state index < -0.39 is 0 Å². The number of nitrogen functional groups attached to an aromatic ring is 1. The van der Waals surface area contributed by atoms with Gasteiger partial charge in [0, 0.05) is 13.1 Å². The lowest BCUT2D eigenvalue weighted by molar-refractivity contribution is 0.202. The van der Waals surface area contributed by atoms with Gasteiger partial charge in [0.1, 0.15) is 5.75 Å². The molecule has 1 aliphatic carbocycles. The van der Waals surface area contributed by atoms with Crippen LogP contribution >= 0.6 is 0 Å². The van der Waals surface area contributed by atoms with Gasteiger partial charge in [-0.1, -0.05) is 25.3 Å². The monoisotopic (exact) mass is 288 g/mol. The summed E-state index contributed by atoms with van der Waals surface area (Å²) in [5.74, 6) is 2.64. The molecule has 0 bridgehead atoms. The van der Waals surface area contributed by atoms with Gasteiger partial charge in [0.15, 0.2) is 0 Å². The van der Waals surface area contributed by atoms with Gasteiger partial charge in [-0.3, -0.25) is 0 Å². The highest BCUT2D eigenvalue weighted by Crippen LogP contribution is 2.40. The van der Waals surface area contributed by atoms with Crippen molar-refractivity contribution < 1.29 is 4.74 Å². The predicted molar refractivity (Wildman–Crippen MR) is 88.9 cm³/mol. The number of hydrogen-bond acceptors (Lipinski definition) is 3. The van der Waals surface area contributed by atoms with Gasteiger partial charge in [-0.2, -0.15) is 0 Å². The molecule has 0 aromatic heterocycles. The first-order chi connectivity index (χ1) is 10.1. The molecule has 1 heterocycles. The molecule has 2 N–H and O–H groups in total. The molecule has 21 heavy (non-hydrogen) atoms. The van der Waals surface area contributed by atoms with Crippen molar-refractivity contribution in [2.75, 3.05) is 23.7 Å². The van der Waals surface area contributed by atoms with Gasteiger partial charge < -0.3 is 15.4 Å². The van der Waals surface area contributed by atoms with E-state index in [2.05, 4.69) is 17.0 Å². The van der Waals surface area contributed by atoms with Crippen molar-refractivity contribution in [3.05, 3.63) is 18.2 Å². The zero-order valence-electron chi connectivity index (χ0n) is 13.3. The van der Waals surface area contributed by atoms with E-state index in [1.807, 2.05) is 19.9 Å². The third kappa shape index (κ3) is 3.12. The Hall–Kier alpha value is -1.38. The van der Waals surface area contributed by atoms with Gasteiger partial charge in [0.05, 0.1) is 17.5 Å². The Kier molecular flexibility index (Phi) is 4.27. The molecule has 1 aliphatic heterocycles. The topological polar surface area (TPSA) is 38.5 Å². The van der Waals surface area contributed by atoms with E-state index in [1.165, 1.54) is 38.6 Å². The molecule has 1 saturated heterocycles. The second-order valence-electron chi connectivity index (χ2n) is 6.89. The van der Waals surface area contributed by atoms with E-state index in [4.69, 9.17) is 10.5 Å². The molecule has 3 heteroatoms. The molecule has 0 amide bonds. The van der Waals surface area contributed by atoms with E-state index in [0.29, 0.717) is 0 Å². The first-order valence-corrected chi connectivity index (χ1v) is 8.45. The van der Waals surface area contributed by atoms with Crippen LogP contribution in [0.25, 0.3) is 0 Å². The minimum atomic E-state index is 0.159. The largest absolute Gasteiger partial charge is 0.489 e. The third-order valence-electron chi connectivity index (χ3n) is 5.04. The Bertz CT molecular complexity index is 486. The molecule has 2 atom stereocenters. The molecule has 1 saturated carbocycles. The lowest BCUT2D eigenvalue weighted by atomic mass is 9.75. The van der Waals surface area contributed by atoms with Crippen molar-refractivity contribution in [3.63, 3.8) is 0 Å². The number of nitrogens with zero attached hydrogens (tertiary/aromatic N) is 1. The van der Waals surface area contributed by atoms with Gasteiger partial charge >= 0.3 is 0 Å². The number of nitrogens with two attached hydrogens (primary N) is 1. The standard InChI is InChI=1S/C18H28N2O/c1-13(2)21-17-9-5-8-16(18(17)19)20-11-10-14-6-3-4-7-15(14)12-20/h5,8-9,13-15H,3-4,6-7,10-12,19H2,1-2H3. The summed E-state index contributed by atoms with van der Waals surface area (Å²) >= 11 is 0. The van der Waals surface area contributed by atoms with Crippen molar-refractivity contribution in [2.24, 2.45) is 11.8 Å². The molecule has 1 aromatic rings. The summed E-state index contributed by atoms with van der Waals surface area (Å²) < 4.78 is 5.83. The SMILES string of the molecule is CC(C)Oc1cccc(N2CCC3CCCCC3C2)c1N. The zero-order valence-corrected chi connectivity index (χ0v) is 13.3. The lowest BCUT2D eigenvalue weighted by Crippen LogP contribution is -2.42. The number of fused-ring (bicyclic) bond motifs is 1. The van der Waals surface area contributed by atoms with Crippen LogP contribution < -0.4 is 15.4 Å². The first kappa shape index (κ1) is 14.6. The quantitative estimate of drug-likeness (QED) is 0.852. The third-order valence-corrected chi connectivity index (χ3v) is 5.04. The van der Waals surface area contributed by atoms with Crippen LogP contribution in [0.5, 0.6) is 5.75 Å². The smallest absolute Gasteiger partial charge is 0.144 e. The maximum Gasteiger partial charge on any atom is 0.144 e. The number of para-hydroxylation sites is 1. The molecule has 3 rings (SSSR count). The number of hydrogen-bond donors (Lipinski definition) is 1. The average Bonchev–Trinajstić information content (AvgIpc) is 2.48. The van der Waals surface area contributed by atoms with Crippen LogP contribution in [0, 0.1) is 11.8 Å². The molecule has 0 radical (unpaired) electrons. The Morgan fingerprint density at radius 3 is 2.67 bits per heavy atom. The van der Waals surface area contributed by atoms with Crippen LogP contribution in [0.2, 0.25) is 0 Å². The Morgan fingerprint density at radius 2 is 1.90 bits per heavy atom. The average molecular weight is 288 g/mol. The van der Waals surface area contributed by atoms with Gasteiger partial charge in [0.2, 0.25) is 0 Å². The fourth-order valence-corrected chi connectivity index (χ4v) is 3.98. The molecule has 116 valence electrons. The summed E-state index contributed by atoms with van der Waals surface area (Å²) in [5, 5.41) is 0. The molecule has 1 aromatic carbocycles. The number of piperidine rings is 1. The van der Waals surface area contributed by atoms with Crippen molar-refractivity contribution >= 4 is 11.4 Å². The van der Waals surface area contributed by atoms with Crippen LogP contribution in [0.15, 0.2) is 18.2 Å². The van der Waals surface area contributed by atoms with Crippen molar-refractivity contribution in [1.29, 1.82) is 0 Å². The van der Waals surface area contributed by atoms with Crippen molar-refractivity contribution in [1.82, 2.24) is 0 Å². The molecule has 2 fully saturated rings. The number of benzene rings is 1. The second kappa shape index (κ2) is 6.17. The number of ether oxygens (including phenoxy) is 1. The Labute approximate surface area is 128 Å². The maximum atomic E-state index is 6.36. The number of rotatable bonds is 3. The van der Waals surface area contributed by atoms with Crippen LogP contribution in [-0.2, 0) is 0 Å². The van der Waals surface area contributed by atoms with E-state index in [1.54, 1.807) is 0 Å². The van der Waals surface area contributed by atoms with Crippen molar-refractivity contribution in [2.45, 2.75) is 52.1 Å². The molecular formula is C18H28N2O. The van der Waals surface area contributed by atoms with E-state index in [0.717, 1.165) is 35.5 Å². The number of anilines is 2. The molecule has 3 nitrogen and oxygen atoms in total. The zero-order chi connectivity index (χ0) is 14.8. The Balaban J connectivity index is 1.77. The fourth-order valence-electron chi connectivity index (χ4n) is 3.98. The van der Waals surface area contributed by atoms with Crippen LogP contribution in [-0.4, -0.2) is 19.2 Å². The summed E-state index contributed by atoms with van der Waals surface area (Å²) in [6.45, 7) is 6.38. The van der Waals surface area contributed by atoms with Gasteiger partial charge in [0.25, 0.3) is 0 Å². The minimum Gasteiger partial charge on any atom is -0.489 e. The van der Waals surface area contributed by atoms with Gasteiger partial charge in [-0.25, -0.2) is 0 Å². The molecule has 0 spiro atoms. The van der Waals surface area contributed by atoms with Crippen LogP contribution in [0.4, 0.5) is 11.4 Å². The minimum absolute atomic E-state index is 0.159. The van der Waals surface area contributed by atoms with Gasteiger partial charge in [-0.05, 0) is 50.7 Å².